The number of unbranched alkanes of at least 4 members (excludes halogenated alkanes) is 17. The standard InChI is InChI=1S/C28H48NO/c1-3-4-5-6-7-8-9-10-11-12-13-14-15-16-17-18-19-22-25-29-26(2)30-28-24-21-20-23-27(28)29/h20-21,23-24H,3-19,22,25H2,1-2H3/q+1. The third-order valence-corrected chi connectivity index (χ3v) is 6.53. The van der Waals surface area contributed by atoms with Gasteiger partial charge in [0.25, 0.3) is 5.52 Å². The summed E-state index contributed by atoms with van der Waals surface area (Å²) < 4.78 is 8.18. The predicted molar refractivity (Wildman–Crippen MR) is 130 cm³/mol. The zero-order valence-corrected chi connectivity index (χ0v) is 20.1. The van der Waals surface area contributed by atoms with Crippen LogP contribution < -0.4 is 4.57 Å². The third-order valence-electron chi connectivity index (χ3n) is 6.53. The monoisotopic (exact) mass is 414 g/mol. The Morgan fingerprint density at radius 3 is 1.53 bits per heavy atom. The molecule has 170 valence electrons. The molecular formula is C28H48NO+. The molecule has 0 aliphatic heterocycles. The van der Waals surface area contributed by atoms with Gasteiger partial charge in [-0.05, 0) is 12.5 Å². The minimum absolute atomic E-state index is 1.01. The van der Waals surface area contributed by atoms with Crippen LogP contribution in [0.15, 0.2) is 28.7 Å². The van der Waals surface area contributed by atoms with Crippen molar-refractivity contribution in [2.45, 2.75) is 136 Å². The van der Waals surface area contributed by atoms with Crippen LogP contribution >= 0.6 is 0 Å². The maximum absolute atomic E-state index is 5.85. The number of rotatable bonds is 19. The number of para-hydroxylation sites is 2. The lowest BCUT2D eigenvalue weighted by Gasteiger charge is -2.03. The molecule has 0 bridgehead atoms. The van der Waals surface area contributed by atoms with Crippen molar-refractivity contribution in [2.24, 2.45) is 0 Å². The number of nitrogens with zero attached hydrogens (tertiary/aromatic N) is 1. The SMILES string of the molecule is CCCCCCCCCCCCCCCCCCCC[n+]1c(C)oc2ccccc21. The van der Waals surface area contributed by atoms with Gasteiger partial charge in [0.05, 0.1) is 6.92 Å². The van der Waals surface area contributed by atoms with E-state index in [1.165, 1.54) is 121 Å². The van der Waals surface area contributed by atoms with Gasteiger partial charge < -0.3 is 4.42 Å². The molecule has 2 rings (SSSR count). The number of hydrogen-bond donors (Lipinski definition) is 0. The van der Waals surface area contributed by atoms with E-state index in [4.69, 9.17) is 4.42 Å². The van der Waals surface area contributed by atoms with Gasteiger partial charge in [-0.3, -0.25) is 0 Å². The Morgan fingerprint density at radius 1 is 0.600 bits per heavy atom. The summed E-state index contributed by atoms with van der Waals surface area (Å²) in [6.45, 7) is 5.46. The molecule has 0 amide bonds. The summed E-state index contributed by atoms with van der Waals surface area (Å²) in [5.74, 6) is 1.03. The highest BCUT2D eigenvalue weighted by Gasteiger charge is 2.17. The first kappa shape index (κ1) is 25.0. The second kappa shape index (κ2) is 16.4. The Kier molecular flexibility index (Phi) is 13.6. The van der Waals surface area contributed by atoms with Crippen LogP contribution in [0.25, 0.3) is 11.1 Å². The van der Waals surface area contributed by atoms with Gasteiger partial charge in [-0.15, -0.1) is 0 Å². The van der Waals surface area contributed by atoms with Crippen LogP contribution in [0.3, 0.4) is 0 Å². The van der Waals surface area contributed by atoms with Gasteiger partial charge in [-0.2, -0.15) is 4.57 Å². The van der Waals surface area contributed by atoms with E-state index in [-0.39, 0.29) is 0 Å². The molecule has 0 saturated heterocycles. The summed E-state index contributed by atoms with van der Waals surface area (Å²) in [7, 11) is 0. The second-order valence-electron chi connectivity index (χ2n) is 9.25. The molecule has 1 heterocycles. The molecule has 2 nitrogen and oxygen atoms in total. The Morgan fingerprint density at radius 2 is 1.03 bits per heavy atom. The Labute approximate surface area is 186 Å². The first-order valence-electron chi connectivity index (χ1n) is 13.2. The fraction of sp³-hybridized carbons (Fsp3) is 0.750. The molecule has 2 heteroatoms. The van der Waals surface area contributed by atoms with Crippen LogP contribution in [0, 0.1) is 6.92 Å². The van der Waals surface area contributed by atoms with Crippen LogP contribution in [0.5, 0.6) is 0 Å². The minimum atomic E-state index is 1.01. The highest BCUT2D eigenvalue weighted by Crippen LogP contribution is 2.15. The first-order valence-corrected chi connectivity index (χ1v) is 13.2. The average molecular weight is 415 g/mol. The van der Waals surface area contributed by atoms with E-state index in [1.54, 1.807) is 0 Å². The van der Waals surface area contributed by atoms with E-state index in [1.807, 2.05) is 6.07 Å². The van der Waals surface area contributed by atoms with Gasteiger partial charge in [0.1, 0.15) is 0 Å². The molecule has 0 saturated carbocycles. The molecule has 1 aromatic heterocycles. The van der Waals surface area contributed by atoms with Gasteiger partial charge in [-0.1, -0.05) is 122 Å². The zero-order chi connectivity index (χ0) is 21.3. The second-order valence-corrected chi connectivity index (χ2v) is 9.25. The first-order chi connectivity index (χ1) is 14.8. The fourth-order valence-electron chi connectivity index (χ4n) is 4.60. The largest absolute Gasteiger partial charge is 0.402 e. The van der Waals surface area contributed by atoms with E-state index in [0.717, 1.165) is 18.0 Å². The van der Waals surface area contributed by atoms with Crippen molar-refractivity contribution in [3.05, 3.63) is 30.2 Å². The van der Waals surface area contributed by atoms with Crippen LogP contribution in [-0.4, -0.2) is 0 Å². The Hall–Kier alpha value is -1.31. The minimum Gasteiger partial charge on any atom is -0.402 e. The number of aromatic nitrogens is 1. The molecule has 1 aromatic carbocycles. The molecule has 0 radical (unpaired) electrons. The maximum Gasteiger partial charge on any atom is 0.344 e. The maximum atomic E-state index is 5.85. The summed E-state index contributed by atoms with van der Waals surface area (Å²) in [6, 6.07) is 8.38. The summed E-state index contributed by atoms with van der Waals surface area (Å²) in [5, 5.41) is 0. The van der Waals surface area contributed by atoms with Crippen molar-refractivity contribution in [1.29, 1.82) is 0 Å². The average Bonchev–Trinajstić information content (AvgIpc) is 3.08. The summed E-state index contributed by atoms with van der Waals surface area (Å²) >= 11 is 0. The Balaban J connectivity index is 1.33. The number of benzene rings is 1. The van der Waals surface area contributed by atoms with Crippen molar-refractivity contribution in [3.63, 3.8) is 0 Å². The molecule has 2 aromatic rings. The van der Waals surface area contributed by atoms with Crippen molar-refractivity contribution in [2.75, 3.05) is 0 Å². The van der Waals surface area contributed by atoms with E-state index in [0.29, 0.717) is 0 Å². The molecule has 0 aliphatic rings. The third kappa shape index (κ3) is 10.1. The van der Waals surface area contributed by atoms with Gasteiger partial charge in [0.15, 0.2) is 6.54 Å². The highest BCUT2D eigenvalue weighted by atomic mass is 16.3. The molecule has 0 atom stereocenters. The van der Waals surface area contributed by atoms with E-state index in [2.05, 4.69) is 36.6 Å². The van der Waals surface area contributed by atoms with Gasteiger partial charge in [0.2, 0.25) is 5.58 Å². The molecule has 30 heavy (non-hydrogen) atoms. The van der Waals surface area contributed by atoms with Crippen LogP contribution in [0.4, 0.5) is 0 Å². The molecule has 0 fully saturated rings. The summed E-state index contributed by atoms with van der Waals surface area (Å²) in [6.07, 6.45) is 25.7. The van der Waals surface area contributed by atoms with Crippen LogP contribution in [0.1, 0.15) is 128 Å². The molecule has 0 spiro atoms. The molecular weight excluding hydrogens is 366 g/mol. The van der Waals surface area contributed by atoms with Crippen molar-refractivity contribution in [1.82, 2.24) is 0 Å². The topological polar surface area (TPSA) is 17.0 Å². The zero-order valence-electron chi connectivity index (χ0n) is 20.1. The number of fused-ring (bicyclic) bond motifs is 1. The lowest BCUT2D eigenvalue weighted by Crippen LogP contribution is -2.35. The number of oxazole rings is 1. The molecule has 0 unspecified atom stereocenters. The molecule has 0 aliphatic carbocycles. The highest BCUT2D eigenvalue weighted by molar-refractivity contribution is 5.68. The fourth-order valence-corrected chi connectivity index (χ4v) is 4.60. The Bertz CT molecular complexity index is 660. The van der Waals surface area contributed by atoms with Crippen molar-refractivity contribution >= 4 is 11.1 Å². The number of hydrogen-bond acceptors (Lipinski definition) is 1. The van der Waals surface area contributed by atoms with Gasteiger partial charge >= 0.3 is 5.89 Å². The normalized spacial score (nSPS) is 11.5. The van der Waals surface area contributed by atoms with Crippen molar-refractivity contribution in [3.8, 4) is 0 Å². The summed E-state index contributed by atoms with van der Waals surface area (Å²) in [4.78, 5) is 0. The van der Waals surface area contributed by atoms with E-state index in [9.17, 15) is 0 Å². The van der Waals surface area contributed by atoms with E-state index >= 15 is 0 Å². The van der Waals surface area contributed by atoms with E-state index < -0.39 is 0 Å². The molecule has 0 N–H and O–H groups in total. The summed E-state index contributed by atoms with van der Waals surface area (Å²) in [5.41, 5.74) is 2.25. The van der Waals surface area contributed by atoms with Crippen LogP contribution in [-0.2, 0) is 6.54 Å². The quantitative estimate of drug-likeness (QED) is 0.165. The predicted octanol–water partition coefficient (Wildman–Crippen LogP) is 9.07. The number of aryl methyl sites for hydroxylation is 2. The lowest BCUT2D eigenvalue weighted by atomic mass is 10.0. The van der Waals surface area contributed by atoms with Gasteiger partial charge in [-0.25, -0.2) is 0 Å². The lowest BCUT2D eigenvalue weighted by molar-refractivity contribution is -0.683. The van der Waals surface area contributed by atoms with Gasteiger partial charge in [0, 0.05) is 12.5 Å². The van der Waals surface area contributed by atoms with Crippen LogP contribution in [0.2, 0.25) is 0 Å². The smallest absolute Gasteiger partial charge is 0.344 e. The van der Waals surface area contributed by atoms with Crippen molar-refractivity contribution < 1.29 is 8.98 Å².